The molecule has 1 aromatic rings. The Morgan fingerprint density at radius 2 is 2.00 bits per heavy atom. The normalized spacial score (nSPS) is 19.3. The van der Waals surface area contributed by atoms with Crippen LogP contribution in [0.25, 0.3) is 0 Å². The second-order valence-electron chi connectivity index (χ2n) is 5.09. The lowest BCUT2D eigenvalue weighted by Crippen LogP contribution is -2.31. The Morgan fingerprint density at radius 1 is 1.29 bits per heavy atom. The molecular formula is C12H19N5O3S. The van der Waals surface area contributed by atoms with Crippen molar-refractivity contribution in [1.82, 2.24) is 10.2 Å². The number of hydrogen-bond acceptors (Lipinski definition) is 7. The first-order valence-corrected chi connectivity index (χ1v) is 8.45. The highest BCUT2D eigenvalue weighted by Crippen LogP contribution is 2.23. The third-order valence-electron chi connectivity index (χ3n) is 3.66. The van der Waals surface area contributed by atoms with Crippen LogP contribution in [0.4, 0.5) is 5.82 Å². The highest BCUT2D eigenvalue weighted by molar-refractivity contribution is 7.91. The summed E-state index contributed by atoms with van der Waals surface area (Å²) >= 11 is 0. The highest BCUT2D eigenvalue weighted by Gasteiger charge is 2.24. The molecule has 2 heterocycles. The first-order valence-electron chi connectivity index (χ1n) is 6.63. The van der Waals surface area contributed by atoms with Crippen LogP contribution < -0.4 is 10.6 Å². The number of nitrogens with zero attached hydrogens (tertiary/aromatic N) is 4. The summed E-state index contributed by atoms with van der Waals surface area (Å²) in [5.41, 5.74) is 7.70. The first-order chi connectivity index (χ1) is 9.85. The Kier molecular flexibility index (Phi) is 4.31. The van der Waals surface area contributed by atoms with Gasteiger partial charge in [0.25, 0.3) is 0 Å². The molecule has 0 unspecified atom stereocenters. The number of nitrogens with two attached hydrogens (primary N) is 1. The van der Waals surface area contributed by atoms with E-state index in [1.807, 2.05) is 11.8 Å². The predicted molar refractivity (Wildman–Crippen MR) is 79.5 cm³/mol. The maximum absolute atomic E-state index is 11.7. The molecule has 0 aliphatic carbocycles. The molecule has 21 heavy (non-hydrogen) atoms. The van der Waals surface area contributed by atoms with Gasteiger partial charge in [-0.3, -0.25) is 0 Å². The maximum Gasteiger partial charge on any atom is 0.174 e. The fourth-order valence-corrected chi connectivity index (χ4v) is 3.60. The maximum atomic E-state index is 11.7. The summed E-state index contributed by atoms with van der Waals surface area (Å²) in [5, 5.41) is 20.2. The summed E-state index contributed by atoms with van der Waals surface area (Å²) in [7, 11) is -3.02. The Morgan fingerprint density at radius 3 is 2.67 bits per heavy atom. The van der Waals surface area contributed by atoms with Crippen molar-refractivity contribution in [1.29, 1.82) is 0 Å². The summed E-state index contributed by atoms with van der Waals surface area (Å²) in [4.78, 5) is 1.83. The molecule has 0 radical (unpaired) electrons. The minimum Gasteiger partial charge on any atom is -0.409 e. The van der Waals surface area contributed by atoms with Gasteiger partial charge in [-0.15, -0.1) is 5.10 Å². The fourth-order valence-electron chi connectivity index (χ4n) is 2.32. The SMILES string of the molecule is Cc1nnc(N2CCCS(=O)(=O)CC2)c(C(N)=NO)c1C. The van der Waals surface area contributed by atoms with E-state index in [0.29, 0.717) is 36.6 Å². The number of anilines is 1. The van der Waals surface area contributed by atoms with Crippen LogP contribution in [0.5, 0.6) is 0 Å². The summed E-state index contributed by atoms with van der Waals surface area (Å²) in [5.74, 6) is 0.649. The average Bonchev–Trinajstić information content (AvgIpc) is 2.62. The lowest BCUT2D eigenvalue weighted by molar-refractivity contribution is 0.318. The standard InChI is InChI=1S/C12H19N5O3S/c1-8-9(2)14-15-12(10(8)11(13)16-18)17-4-3-6-21(19,20)7-5-17/h18H,3-7H2,1-2H3,(H2,13,16). The van der Waals surface area contributed by atoms with Gasteiger partial charge in [0.15, 0.2) is 21.5 Å². The lowest BCUT2D eigenvalue weighted by atomic mass is 10.1. The van der Waals surface area contributed by atoms with Crippen LogP contribution in [0.2, 0.25) is 0 Å². The van der Waals surface area contributed by atoms with Crippen molar-refractivity contribution in [2.45, 2.75) is 20.3 Å². The number of amidine groups is 1. The third-order valence-corrected chi connectivity index (χ3v) is 5.37. The van der Waals surface area contributed by atoms with E-state index in [4.69, 9.17) is 10.9 Å². The second kappa shape index (κ2) is 5.84. The molecule has 9 heteroatoms. The molecule has 1 aliphatic rings. The third kappa shape index (κ3) is 3.23. The van der Waals surface area contributed by atoms with Gasteiger partial charge in [-0.2, -0.15) is 5.10 Å². The Labute approximate surface area is 123 Å². The monoisotopic (exact) mass is 313 g/mol. The zero-order valence-electron chi connectivity index (χ0n) is 12.1. The summed E-state index contributed by atoms with van der Waals surface area (Å²) in [6.07, 6.45) is 0.520. The molecule has 0 amide bonds. The van der Waals surface area contributed by atoms with Gasteiger partial charge in [-0.25, -0.2) is 8.42 Å². The summed E-state index contributed by atoms with van der Waals surface area (Å²) in [6.45, 7) is 4.47. The van der Waals surface area contributed by atoms with Crippen molar-refractivity contribution in [3.8, 4) is 0 Å². The molecule has 1 aliphatic heterocycles. The topological polar surface area (TPSA) is 122 Å². The number of hydrogen-bond donors (Lipinski definition) is 2. The van der Waals surface area contributed by atoms with Crippen LogP contribution in [0.1, 0.15) is 23.2 Å². The van der Waals surface area contributed by atoms with E-state index in [1.165, 1.54) is 0 Å². The van der Waals surface area contributed by atoms with Crippen LogP contribution in [0.3, 0.4) is 0 Å². The molecule has 0 spiro atoms. The molecule has 0 aromatic carbocycles. The molecule has 0 saturated carbocycles. The molecule has 116 valence electrons. The minimum atomic E-state index is -3.02. The van der Waals surface area contributed by atoms with E-state index >= 15 is 0 Å². The van der Waals surface area contributed by atoms with Crippen LogP contribution in [-0.4, -0.2) is 54.3 Å². The van der Waals surface area contributed by atoms with Crippen molar-refractivity contribution in [3.63, 3.8) is 0 Å². The van der Waals surface area contributed by atoms with Gasteiger partial charge in [0.05, 0.1) is 22.8 Å². The van der Waals surface area contributed by atoms with Crippen molar-refractivity contribution < 1.29 is 13.6 Å². The number of oxime groups is 1. The fraction of sp³-hybridized carbons (Fsp3) is 0.583. The quantitative estimate of drug-likeness (QED) is 0.336. The zero-order chi connectivity index (χ0) is 15.6. The first kappa shape index (κ1) is 15.5. The molecule has 0 atom stereocenters. The van der Waals surface area contributed by atoms with Crippen LogP contribution in [-0.2, 0) is 9.84 Å². The van der Waals surface area contributed by atoms with Crippen molar-refractivity contribution in [3.05, 3.63) is 16.8 Å². The smallest absolute Gasteiger partial charge is 0.174 e. The van der Waals surface area contributed by atoms with Crippen LogP contribution in [0.15, 0.2) is 5.16 Å². The molecule has 1 fully saturated rings. The van der Waals surface area contributed by atoms with Gasteiger partial charge in [-0.1, -0.05) is 5.16 Å². The van der Waals surface area contributed by atoms with Crippen LogP contribution in [0, 0.1) is 13.8 Å². The summed E-state index contributed by atoms with van der Waals surface area (Å²) in [6, 6.07) is 0. The van der Waals surface area contributed by atoms with E-state index < -0.39 is 9.84 Å². The molecule has 0 bridgehead atoms. The van der Waals surface area contributed by atoms with E-state index in [0.717, 1.165) is 5.56 Å². The van der Waals surface area contributed by atoms with E-state index in [9.17, 15) is 8.42 Å². The number of aromatic nitrogens is 2. The van der Waals surface area contributed by atoms with Gasteiger partial charge in [0.1, 0.15) is 0 Å². The van der Waals surface area contributed by atoms with E-state index in [2.05, 4.69) is 15.4 Å². The molecule has 8 nitrogen and oxygen atoms in total. The van der Waals surface area contributed by atoms with E-state index in [1.54, 1.807) is 6.92 Å². The number of sulfone groups is 1. The molecule has 2 rings (SSSR count). The average molecular weight is 313 g/mol. The predicted octanol–water partition coefficient (Wildman–Crippen LogP) is -0.187. The molecular weight excluding hydrogens is 294 g/mol. The largest absolute Gasteiger partial charge is 0.409 e. The van der Waals surface area contributed by atoms with Gasteiger partial charge < -0.3 is 15.8 Å². The van der Waals surface area contributed by atoms with Gasteiger partial charge in [-0.05, 0) is 25.8 Å². The molecule has 3 N–H and O–H groups in total. The van der Waals surface area contributed by atoms with Crippen molar-refractivity contribution in [2.75, 3.05) is 29.5 Å². The van der Waals surface area contributed by atoms with Gasteiger partial charge in [0.2, 0.25) is 0 Å². The zero-order valence-corrected chi connectivity index (χ0v) is 12.9. The van der Waals surface area contributed by atoms with Gasteiger partial charge >= 0.3 is 0 Å². The Bertz CT molecular complexity index is 672. The minimum absolute atomic E-state index is 0.0485. The highest BCUT2D eigenvalue weighted by atomic mass is 32.2. The second-order valence-corrected chi connectivity index (χ2v) is 7.39. The lowest BCUT2D eigenvalue weighted by Gasteiger charge is -2.24. The Balaban J connectivity index is 2.46. The number of aryl methyl sites for hydroxylation is 1. The van der Waals surface area contributed by atoms with Gasteiger partial charge in [0, 0.05) is 13.1 Å². The van der Waals surface area contributed by atoms with Crippen molar-refractivity contribution in [2.24, 2.45) is 10.9 Å². The summed E-state index contributed by atoms with van der Waals surface area (Å²) < 4.78 is 23.4. The van der Waals surface area contributed by atoms with E-state index in [-0.39, 0.29) is 17.3 Å². The molecule has 1 aromatic heterocycles. The van der Waals surface area contributed by atoms with Crippen LogP contribution >= 0.6 is 0 Å². The van der Waals surface area contributed by atoms with Crippen molar-refractivity contribution >= 4 is 21.5 Å². The Hall–Kier alpha value is -1.90. The number of rotatable bonds is 2. The molecule has 1 saturated heterocycles.